The second-order valence-corrected chi connectivity index (χ2v) is 20.6. The Hall–Kier alpha value is -1.76. The van der Waals surface area contributed by atoms with Gasteiger partial charge in [0.15, 0.2) is 12.6 Å². The minimum atomic E-state index is -1.78. The first-order valence-electron chi connectivity index (χ1n) is 21.4. The third-order valence-corrected chi connectivity index (χ3v) is 17.7. The first-order chi connectivity index (χ1) is 27.1. The average Bonchev–Trinajstić information content (AvgIpc) is 3.18. The van der Waals surface area contributed by atoms with Gasteiger partial charge in [-0.1, -0.05) is 46.3 Å². The molecule has 5 aliphatic carbocycles. The lowest BCUT2D eigenvalue weighted by atomic mass is 9.33. The molecule has 0 aromatic rings. The summed E-state index contributed by atoms with van der Waals surface area (Å²) in [4.78, 5) is 26.3. The van der Waals surface area contributed by atoms with E-state index in [1.165, 1.54) is 12.7 Å². The quantitative estimate of drug-likeness (QED) is 0.0993. The Balaban J connectivity index is 1.12. The van der Waals surface area contributed by atoms with Crippen LogP contribution in [0.25, 0.3) is 0 Å². The molecule has 4 saturated carbocycles. The summed E-state index contributed by atoms with van der Waals surface area (Å²) in [6.07, 6.45) is -6.63. The number of rotatable bonds is 8. The first kappa shape index (κ1) is 44.3. The number of aliphatic hydroxyl groups excluding tert-OH is 7. The summed E-state index contributed by atoms with van der Waals surface area (Å²) < 4.78 is 29.2. The molecule has 0 unspecified atom stereocenters. The third kappa shape index (κ3) is 6.38. The van der Waals surface area contributed by atoms with Crippen molar-refractivity contribution >= 4 is 11.9 Å². The zero-order valence-corrected chi connectivity index (χ0v) is 35.1. The van der Waals surface area contributed by atoms with E-state index in [0.717, 1.165) is 32.1 Å². The predicted molar refractivity (Wildman–Crippen MR) is 204 cm³/mol. The van der Waals surface area contributed by atoms with Crippen LogP contribution in [0.1, 0.15) is 106 Å². The van der Waals surface area contributed by atoms with Crippen molar-refractivity contribution in [1.82, 2.24) is 0 Å². The average molecular weight is 825 g/mol. The van der Waals surface area contributed by atoms with Crippen LogP contribution in [0.4, 0.5) is 0 Å². The topological polar surface area (TPSA) is 242 Å². The molecule has 8 N–H and O–H groups in total. The van der Waals surface area contributed by atoms with Gasteiger partial charge in [0.2, 0.25) is 0 Å². The number of allylic oxidation sites excluding steroid dienone is 2. The molecule has 0 spiro atoms. The first-order valence-corrected chi connectivity index (χ1v) is 21.4. The highest BCUT2D eigenvalue weighted by atomic mass is 16.7. The van der Waals surface area contributed by atoms with Crippen LogP contribution in [-0.2, 0) is 33.3 Å². The van der Waals surface area contributed by atoms with E-state index in [1.807, 2.05) is 6.92 Å². The second-order valence-electron chi connectivity index (χ2n) is 20.6. The molecule has 7 rings (SSSR count). The number of hydrogen-bond donors (Lipinski definition) is 8. The Morgan fingerprint density at radius 1 is 0.741 bits per heavy atom. The summed E-state index contributed by atoms with van der Waals surface area (Å²) in [5.41, 5.74) is -1.42. The third-order valence-electron chi connectivity index (χ3n) is 17.7. The van der Waals surface area contributed by atoms with E-state index in [4.69, 9.17) is 23.7 Å². The van der Waals surface area contributed by atoms with E-state index < -0.39 is 103 Å². The SMILES string of the molecule is COC(=O)[C@]1(C)CC[C@@]2(C(=O)O)CC[C@]3(C)C(=CC[C@H]4[C@@]5(C)CC[C@H](O[C@H]6O[C@@H](CO)[C@H](O)[C@@H](O[C@H]7O[C@@H](CO)[C@H](O)[C@@H](O)[C@@H]7O)[C@@H]6O)C(C)(C)[C@@H]5CC[C@]43C)[C@H]2C1. The van der Waals surface area contributed by atoms with Crippen LogP contribution in [0, 0.1) is 50.2 Å². The Morgan fingerprint density at radius 3 is 1.98 bits per heavy atom. The summed E-state index contributed by atoms with van der Waals surface area (Å²) >= 11 is 0. The number of esters is 1. The van der Waals surface area contributed by atoms with Crippen molar-refractivity contribution in [2.45, 2.75) is 173 Å². The van der Waals surface area contributed by atoms with Gasteiger partial charge in [0.25, 0.3) is 0 Å². The molecule has 0 aromatic heterocycles. The van der Waals surface area contributed by atoms with Crippen molar-refractivity contribution in [3.05, 3.63) is 11.6 Å². The molecule has 2 heterocycles. The monoisotopic (exact) mass is 824 g/mol. The molecule has 0 radical (unpaired) electrons. The zero-order chi connectivity index (χ0) is 42.5. The van der Waals surface area contributed by atoms with Crippen LogP contribution in [0.15, 0.2) is 11.6 Å². The van der Waals surface area contributed by atoms with Crippen LogP contribution in [-0.4, -0.2) is 141 Å². The Labute approximate surface area is 341 Å². The highest BCUT2D eigenvalue weighted by Gasteiger charge is 2.70. The number of carboxylic acid groups (broad SMARTS) is 1. The van der Waals surface area contributed by atoms with E-state index in [0.29, 0.717) is 32.1 Å². The number of carboxylic acids is 1. The van der Waals surface area contributed by atoms with Gasteiger partial charge in [0, 0.05) is 0 Å². The van der Waals surface area contributed by atoms with E-state index in [1.54, 1.807) is 0 Å². The van der Waals surface area contributed by atoms with Gasteiger partial charge in [-0.2, -0.15) is 0 Å². The summed E-state index contributed by atoms with van der Waals surface area (Å²) in [7, 11) is 1.41. The van der Waals surface area contributed by atoms with Crippen LogP contribution < -0.4 is 0 Å². The van der Waals surface area contributed by atoms with Crippen molar-refractivity contribution in [2.75, 3.05) is 20.3 Å². The predicted octanol–water partition coefficient (Wildman–Crippen LogP) is 2.04. The fraction of sp³-hybridized carbons (Fsp3) is 0.907. The normalized spacial score (nSPS) is 52.6. The molecule has 2 saturated heterocycles. The zero-order valence-electron chi connectivity index (χ0n) is 35.1. The van der Waals surface area contributed by atoms with Gasteiger partial charge in [-0.25, -0.2) is 0 Å². The fourth-order valence-corrected chi connectivity index (χ4v) is 13.9. The highest BCUT2D eigenvalue weighted by molar-refractivity contribution is 5.80. The van der Waals surface area contributed by atoms with Crippen molar-refractivity contribution in [3.8, 4) is 0 Å². The van der Waals surface area contributed by atoms with Crippen molar-refractivity contribution in [3.63, 3.8) is 0 Å². The maximum absolute atomic E-state index is 13.2. The molecule has 0 bridgehead atoms. The number of hydrogen-bond acceptors (Lipinski definition) is 14. The van der Waals surface area contributed by atoms with Crippen LogP contribution >= 0.6 is 0 Å². The summed E-state index contributed by atoms with van der Waals surface area (Å²) in [6.45, 7) is 12.1. The van der Waals surface area contributed by atoms with Crippen molar-refractivity contribution in [1.29, 1.82) is 0 Å². The van der Waals surface area contributed by atoms with Gasteiger partial charge in [-0.05, 0) is 111 Å². The Bertz CT molecular complexity index is 1600. The smallest absolute Gasteiger partial charge is 0.311 e. The van der Waals surface area contributed by atoms with Gasteiger partial charge in [-0.15, -0.1) is 0 Å². The van der Waals surface area contributed by atoms with Crippen LogP contribution in [0.3, 0.4) is 0 Å². The molecule has 0 amide bonds. The van der Waals surface area contributed by atoms with E-state index in [2.05, 4.69) is 40.7 Å². The molecule has 15 nitrogen and oxygen atoms in total. The lowest BCUT2D eigenvalue weighted by Gasteiger charge is -2.71. The van der Waals surface area contributed by atoms with Crippen LogP contribution in [0.5, 0.6) is 0 Å². The molecule has 15 heteroatoms. The molecule has 330 valence electrons. The van der Waals surface area contributed by atoms with Gasteiger partial charge in [0.05, 0.1) is 37.3 Å². The molecule has 19 atom stereocenters. The number of carbonyl (C=O) groups excluding carboxylic acids is 1. The number of methoxy groups -OCH3 is 1. The molecule has 58 heavy (non-hydrogen) atoms. The maximum Gasteiger partial charge on any atom is 0.311 e. The molecular formula is C43H68O15. The van der Waals surface area contributed by atoms with Gasteiger partial charge >= 0.3 is 11.9 Å². The maximum atomic E-state index is 13.2. The highest BCUT2D eigenvalue weighted by Crippen LogP contribution is 2.76. The van der Waals surface area contributed by atoms with Gasteiger partial charge in [0.1, 0.15) is 48.8 Å². The fourth-order valence-electron chi connectivity index (χ4n) is 13.9. The van der Waals surface area contributed by atoms with E-state index >= 15 is 0 Å². The van der Waals surface area contributed by atoms with Gasteiger partial charge < -0.3 is 64.5 Å². The van der Waals surface area contributed by atoms with Crippen molar-refractivity contribution in [2.24, 2.45) is 50.2 Å². The van der Waals surface area contributed by atoms with E-state index in [9.17, 15) is 50.4 Å². The molecular weight excluding hydrogens is 756 g/mol. The standard InChI is InChI=1S/C43H68O15/c1-38(2)25-10-13-42(6)26(9-8-21-22-18-39(3,37(53)54-7)14-16-43(22,36(51)52)17-15-41(21,42)5)40(25,4)12-11-27(38)57-35-32(50)33(29(47)24(20-45)56-35)58-34-31(49)30(48)28(46)23(19-44)55-34/h8,22-35,44-50H,9-20H2,1-7H3,(H,51,52)/t22-,23+,24+,25+,26+,27+,28+,29+,30-,31+,32+,33-,34-,35-,39-,40+,41-,42-,43-/m1/s1. The molecule has 6 fully saturated rings. The lowest BCUT2D eigenvalue weighted by Crippen LogP contribution is -2.67. The summed E-state index contributed by atoms with van der Waals surface area (Å²) in [5, 5.41) is 84.5. The summed E-state index contributed by atoms with van der Waals surface area (Å²) in [6, 6.07) is 0. The molecule has 2 aliphatic heterocycles. The molecule has 7 aliphatic rings. The largest absolute Gasteiger partial charge is 0.481 e. The number of aliphatic carboxylic acids is 1. The summed E-state index contributed by atoms with van der Waals surface area (Å²) in [5.74, 6) is -0.839. The minimum Gasteiger partial charge on any atom is -0.481 e. The second kappa shape index (κ2) is 15.2. The van der Waals surface area contributed by atoms with E-state index in [-0.39, 0.29) is 40.0 Å². The number of carbonyl (C=O) groups is 2. The number of fused-ring (bicyclic) bond motifs is 7. The van der Waals surface area contributed by atoms with Crippen LogP contribution in [0.2, 0.25) is 0 Å². The number of aliphatic hydroxyl groups is 7. The number of ether oxygens (including phenoxy) is 5. The molecule has 0 aromatic carbocycles. The Morgan fingerprint density at radius 2 is 1.36 bits per heavy atom. The van der Waals surface area contributed by atoms with Gasteiger partial charge in [-0.3, -0.25) is 9.59 Å². The Kier molecular flexibility index (Phi) is 11.6. The lowest BCUT2D eigenvalue weighted by molar-refractivity contribution is -0.369. The minimum absolute atomic E-state index is 0.125. The van der Waals surface area contributed by atoms with Crippen molar-refractivity contribution < 1.29 is 74.1 Å².